The number of aliphatic hydroxyl groups is 1. The minimum Gasteiger partial charge on any atom is -0.463 e. The summed E-state index contributed by atoms with van der Waals surface area (Å²) >= 11 is 0. The summed E-state index contributed by atoms with van der Waals surface area (Å²) in [6, 6.07) is 6.87. The molecule has 1 spiro atoms. The number of likely N-dealkylation sites (tertiary alicyclic amines) is 1. The van der Waals surface area contributed by atoms with Crippen molar-refractivity contribution in [3.8, 4) is 0 Å². The molecule has 1 aromatic carbocycles. The third kappa shape index (κ3) is 6.06. The minimum absolute atomic E-state index is 0.0572. The van der Waals surface area contributed by atoms with Crippen molar-refractivity contribution in [1.29, 1.82) is 0 Å². The zero-order valence-electron chi connectivity index (χ0n) is 26.8. The molecular weight excluding hydrogens is 574 g/mol. The number of carbonyl (C=O) groups excluding carboxylic acids is 4. The molecule has 4 aliphatic heterocycles. The molecule has 2 saturated heterocycles. The molecule has 4 heterocycles. The Hall–Kier alpha value is -3.50. The van der Waals surface area contributed by atoms with E-state index >= 15 is 0 Å². The van der Waals surface area contributed by atoms with Crippen molar-refractivity contribution in [2.75, 3.05) is 19.8 Å². The molecular formula is C35H47N3O7. The van der Waals surface area contributed by atoms with Gasteiger partial charge in [0.05, 0.1) is 36.6 Å². The van der Waals surface area contributed by atoms with Gasteiger partial charge in [0.15, 0.2) is 0 Å². The molecule has 0 aromatic heterocycles. The summed E-state index contributed by atoms with van der Waals surface area (Å²) in [5.74, 6) is -3.46. The van der Waals surface area contributed by atoms with E-state index in [1.807, 2.05) is 63.3 Å². The van der Waals surface area contributed by atoms with Gasteiger partial charge < -0.3 is 29.7 Å². The van der Waals surface area contributed by atoms with Crippen molar-refractivity contribution >= 4 is 23.7 Å². The molecule has 5 rings (SSSR count). The lowest BCUT2D eigenvalue weighted by Gasteiger charge is -2.41. The number of amides is 3. The molecule has 4 aliphatic rings. The summed E-state index contributed by atoms with van der Waals surface area (Å²) in [7, 11) is 0. The van der Waals surface area contributed by atoms with Crippen LogP contribution in [0.3, 0.4) is 0 Å². The summed E-state index contributed by atoms with van der Waals surface area (Å²) in [5.41, 5.74) is -0.655. The van der Waals surface area contributed by atoms with Crippen LogP contribution in [0.5, 0.6) is 0 Å². The lowest BCUT2D eigenvalue weighted by Crippen LogP contribution is -2.60. The van der Waals surface area contributed by atoms with Gasteiger partial charge in [-0.1, -0.05) is 88.2 Å². The van der Waals surface area contributed by atoms with Gasteiger partial charge in [0, 0.05) is 19.0 Å². The van der Waals surface area contributed by atoms with Crippen LogP contribution in [0.1, 0.15) is 71.4 Å². The molecule has 1 unspecified atom stereocenters. The zero-order chi connectivity index (χ0) is 32.3. The lowest BCUT2D eigenvalue weighted by molar-refractivity contribution is -0.153. The molecule has 1 aromatic rings. The second-order valence-electron chi connectivity index (χ2n) is 12.9. The van der Waals surface area contributed by atoms with Crippen molar-refractivity contribution in [2.24, 2.45) is 17.8 Å². The van der Waals surface area contributed by atoms with Gasteiger partial charge in [-0.2, -0.15) is 0 Å². The number of allylic oxidation sites excluding steroid dienone is 1. The largest absolute Gasteiger partial charge is 0.463 e. The predicted molar refractivity (Wildman–Crippen MR) is 167 cm³/mol. The highest BCUT2D eigenvalue weighted by Gasteiger charge is 2.72. The third-order valence-corrected chi connectivity index (χ3v) is 10.1. The first-order valence-corrected chi connectivity index (χ1v) is 16.4. The zero-order valence-corrected chi connectivity index (χ0v) is 26.8. The van der Waals surface area contributed by atoms with E-state index in [4.69, 9.17) is 9.47 Å². The van der Waals surface area contributed by atoms with E-state index in [-0.39, 0.29) is 49.4 Å². The van der Waals surface area contributed by atoms with E-state index in [9.17, 15) is 24.3 Å². The first kappa shape index (κ1) is 32.9. The number of ether oxygens (including phenoxy) is 2. The standard InChI is InChI=1S/C35H47N3O7/c1-5-13-23(4)37-19-12-18-35-30(33(42)38(31(35)34(37)43)26(20-39)22(3)6-2)29-27(45-35)16-10-11-17-28(40)44-21-25(36-32(29)41)24-14-8-7-9-15-24/h7-10,12,14-16,18,22-23,25-27,29-31,39H,5-6,11,13,17,19-21H2,1-4H3,(H,36,41)/b16-10-/t22-,23?,25+,26-,27-,29+,30+,31-,35+/m0/s1. The van der Waals surface area contributed by atoms with E-state index in [2.05, 4.69) is 12.2 Å². The first-order valence-electron chi connectivity index (χ1n) is 16.4. The molecule has 0 saturated carbocycles. The molecule has 2 fully saturated rings. The Morgan fingerprint density at radius 3 is 2.51 bits per heavy atom. The number of nitrogens with zero attached hydrogens (tertiary/aromatic N) is 2. The number of carbonyl (C=O) groups is 4. The molecule has 3 amide bonds. The number of cyclic esters (lactones) is 1. The maximum atomic E-state index is 14.8. The van der Waals surface area contributed by atoms with E-state index in [0.29, 0.717) is 19.4 Å². The van der Waals surface area contributed by atoms with Gasteiger partial charge in [-0.05, 0) is 31.2 Å². The summed E-state index contributed by atoms with van der Waals surface area (Å²) in [6.45, 7) is 8.02. The highest BCUT2D eigenvalue weighted by molar-refractivity contribution is 6.00. The van der Waals surface area contributed by atoms with Crippen molar-refractivity contribution in [3.63, 3.8) is 0 Å². The van der Waals surface area contributed by atoms with Gasteiger partial charge in [-0.15, -0.1) is 0 Å². The molecule has 0 radical (unpaired) electrons. The number of aliphatic hydroxyl groups excluding tert-OH is 1. The number of hydrogen-bond acceptors (Lipinski definition) is 7. The third-order valence-electron chi connectivity index (χ3n) is 10.1. The van der Waals surface area contributed by atoms with E-state index in [1.165, 1.54) is 0 Å². The normalized spacial score (nSPS) is 33.0. The molecule has 45 heavy (non-hydrogen) atoms. The summed E-state index contributed by atoms with van der Waals surface area (Å²) < 4.78 is 12.4. The van der Waals surface area contributed by atoms with Crippen LogP contribution in [0, 0.1) is 17.8 Å². The number of esters is 1. The van der Waals surface area contributed by atoms with Gasteiger partial charge >= 0.3 is 5.97 Å². The second kappa shape index (κ2) is 13.9. The Labute approximate surface area is 265 Å². The van der Waals surface area contributed by atoms with E-state index in [0.717, 1.165) is 18.4 Å². The van der Waals surface area contributed by atoms with Gasteiger partial charge in [-0.3, -0.25) is 19.2 Å². The lowest BCUT2D eigenvalue weighted by atomic mass is 9.77. The topological polar surface area (TPSA) is 125 Å². The van der Waals surface area contributed by atoms with Crippen molar-refractivity contribution < 1.29 is 33.8 Å². The van der Waals surface area contributed by atoms with Crippen LogP contribution in [-0.2, 0) is 28.7 Å². The SMILES string of the molecule is CCCC(C)N1CC=C[C@@]23O[C@H]4/C=C\CCC(=O)OC[C@H](c5ccccc5)NC(=O)[C@H]4[C@@H]2C(=O)N([C@@H](CO)[C@@H](C)CC)[C@H]3C1=O. The molecule has 0 bridgehead atoms. The second-order valence-corrected chi connectivity index (χ2v) is 12.9. The molecule has 0 aliphatic carbocycles. The fourth-order valence-electron chi connectivity index (χ4n) is 7.54. The van der Waals surface area contributed by atoms with Gasteiger partial charge in [-0.25, -0.2) is 0 Å². The van der Waals surface area contributed by atoms with Gasteiger partial charge in [0.1, 0.15) is 18.2 Å². The van der Waals surface area contributed by atoms with E-state index < -0.39 is 47.6 Å². The maximum absolute atomic E-state index is 14.8. The minimum atomic E-state index is -1.42. The maximum Gasteiger partial charge on any atom is 0.306 e. The number of nitrogens with one attached hydrogen (secondary N) is 1. The van der Waals surface area contributed by atoms with Crippen LogP contribution >= 0.6 is 0 Å². The Morgan fingerprint density at radius 2 is 1.82 bits per heavy atom. The molecule has 9 atom stereocenters. The Bertz CT molecular complexity index is 1320. The fraction of sp³-hybridized carbons (Fsp3) is 0.600. The molecule has 2 N–H and O–H groups in total. The smallest absolute Gasteiger partial charge is 0.306 e. The number of fused-ring (bicyclic) bond motifs is 2. The van der Waals surface area contributed by atoms with Crippen LogP contribution in [0.15, 0.2) is 54.6 Å². The van der Waals surface area contributed by atoms with Crippen molar-refractivity contribution in [1.82, 2.24) is 15.1 Å². The molecule has 10 heteroatoms. The monoisotopic (exact) mass is 621 g/mol. The molecule has 244 valence electrons. The van der Waals surface area contributed by atoms with Gasteiger partial charge in [0.2, 0.25) is 17.7 Å². The highest BCUT2D eigenvalue weighted by Crippen LogP contribution is 2.54. The van der Waals surface area contributed by atoms with Crippen molar-refractivity contribution in [2.45, 2.75) is 95.7 Å². The van der Waals surface area contributed by atoms with Crippen LogP contribution in [-0.4, -0.2) is 88.2 Å². The van der Waals surface area contributed by atoms with Crippen LogP contribution < -0.4 is 5.32 Å². The first-order chi connectivity index (χ1) is 21.7. The quantitative estimate of drug-likeness (QED) is 0.337. The fourth-order valence-corrected chi connectivity index (χ4v) is 7.54. The summed E-state index contributed by atoms with van der Waals surface area (Å²) in [4.78, 5) is 59.6. The Balaban J connectivity index is 1.62. The van der Waals surface area contributed by atoms with Crippen molar-refractivity contribution in [3.05, 3.63) is 60.2 Å². The average molecular weight is 622 g/mol. The number of hydrogen-bond donors (Lipinski definition) is 2. The summed E-state index contributed by atoms with van der Waals surface area (Å²) in [5, 5.41) is 13.7. The van der Waals surface area contributed by atoms with Crippen LogP contribution in [0.25, 0.3) is 0 Å². The van der Waals surface area contributed by atoms with Crippen LogP contribution in [0.4, 0.5) is 0 Å². The predicted octanol–water partition coefficient (Wildman–Crippen LogP) is 3.31. The summed E-state index contributed by atoms with van der Waals surface area (Å²) in [6.07, 6.45) is 9.34. The highest BCUT2D eigenvalue weighted by atomic mass is 16.5. The number of rotatable bonds is 8. The average Bonchev–Trinajstić information content (AvgIpc) is 3.42. The molecule has 10 nitrogen and oxygen atoms in total. The van der Waals surface area contributed by atoms with Crippen LogP contribution in [0.2, 0.25) is 0 Å². The number of benzene rings is 1. The Morgan fingerprint density at radius 1 is 1.07 bits per heavy atom. The van der Waals surface area contributed by atoms with E-state index in [1.54, 1.807) is 22.0 Å². The van der Waals surface area contributed by atoms with Gasteiger partial charge in [0.25, 0.3) is 0 Å². The Kier molecular flexibility index (Phi) is 10.1.